The number of carbonyl (C=O) groups excluding carboxylic acids is 1. The number of morpholine rings is 1. The molecule has 1 aromatic rings. The molecule has 1 aromatic heterocycles. The molecule has 3 heterocycles. The third kappa shape index (κ3) is 2.98. The molecule has 3 rings (SSSR count). The molecule has 0 spiro atoms. The quantitative estimate of drug-likeness (QED) is 0.760. The van der Waals surface area contributed by atoms with Gasteiger partial charge in [0.25, 0.3) is 5.56 Å². The van der Waals surface area contributed by atoms with Crippen LogP contribution in [0.25, 0.3) is 0 Å². The predicted molar refractivity (Wildman–Crippen MR) is 79.5 cm³/mol. The van der Waals surface area contributed by atoms with Gasteiger partial charge in [-0.05, 0) is 13.8 Å². The predicted octanol–water partition coefficient (Wildman–Crippen LogP) is 0.916. The molecule has 1 saturated heterocycles. The van der Waals surface area contributed by atoms with E-state index in [1.165, 1.54) is 24.0 Å². The summed E-state index contributed by atoms with van der Waals surface area (Å²) in [7, 11) is 0. The highest BCUT2D eigenvalue weighted by molar-refractivity contribution is 7.99. The van der Waals surface area contributed by atoms with Gasteiger partial charge >= 0.3 is 0 Å². The number of hydrogen-bond donors (Lipinski definition) is 0. The number of carbonyl (C=O) groups is 1. The average Bonchev–Trinajstić information content (AvgIpc) is 2.82. The van der Waals surface area contributed by atoms with E-state index in [4.69, 9.17) is 4.74 Å². The molecule has 114 valence electrons. The zero-order valence-electron chi connectivity index (χ0n) is 12.2. The van der Waals surface area contributed by atoms with Crippen LogP contribution in [0.15, 0.2) is 22.2 Å². The summed E-state index contributed by atoms with van der Waals surface area (Å²) in [5, 5.41) is 0.712. The Morgan fingerprint density at radius 1 is 1.43 bits per heavy atom. The SMILES string of the molecule is C[C@H]1CN(C(=O)C[C@@H]2CSc3nccc(=O)n32)C[C@H](C)O1. The van der Waals surface area contributed by atoms with Crippen LogP contribution in [0, 0.1) is 0 Å². The minimum absolute atomic E-state index is 0.0623. The molecule has 2 aliphatic rings. The van der Waals surface area contributed by atoms with Gasteiger partial charge in [-0.15, -0.1) is 0 Å². The van der Waals surface area contributed by atoms with E-state index in [-0.39, 0.29) is 29.7 Å². The van der Waals surface area contributed by atoms with Gasteiger partial charge in [0, 0.05) is 37.5 Å². The highest BCUT2D eigenvalue weighted by atomic mass is 32.2. The number of nitrogens with zero attached hydrogens (tertiary/aromatic N) is 3. The first-order chi connectivity index (χ1) is 10.0. The number of rotatable bonds is 2. The fourth-order valence-corrected chi connectivity index (χ4v) is 4.07. The van der Waals surface area contributed by atoms with E-state index in [0.717, 1.165) is 5.75 Å². The molecule has 0 aliphatic carbocycles. The molecule has 0 saturated carbocycles. The van der Waals surface area contributed by atoms with Gasteiger partial charge in [-0.2, -0.15) is 0 Å². The molecule has 1 amide bonds. The van der Waals surface area contributed by atoms with Crippen LogP contribution in [0.5, 0.6) is 0 Å². The van der Waals surface area contributed by atoms with Crippen LogP contribution in [0.1, 0.15) is 26.3 Å². The van der Waals surface area contributed by atoms with E-state index in [0.29, 0.717) is 24.7 Å². The molecule has 0 unspecified atom stereocenters. The van der Waals surface area contributed by atoms with Crippen LogP contribution < -0.4 is 5.56 Å². The smallest absolute Gasteiger partial charge is 0.254 e. The molecule has 0 bridgehead atoms. The number of ether oxygens (including phenoxy) is 1. The normalized spacial score (nSPS) is 28.5. The zero-order chi connectivity index (χ0) is 15.0. The lowest BCUT2D eigenvalue weighted by atomic mass is 10.1. The van der Waals surface area contributed by atoms with Gasteiger partial charge in [0.2, 0.25) is 5.91 Å². The standard InChI is InChI=1S/C14H19N3O3S/c1-9-6-16(7-10(2)20-9)13(19)5-11-8-21-14-15-4-3-12(18)17(11)14/h3-4,9-11H,5-8H2,1-2H3/t9-,10-,11+/m0/s1. The summed E-state index contributed by atoms with van der Waals surface area (Å²) in [6.45, 7) is 5.20. The van der Waals surface area contributed by atoms with Crippen molar-refractivity contribution in [3.63, 3.8) is 0 Å². The summed E-state index contributed by atoms with van der Waals surface area (Å²) in [5.41, 5.74) is -0.0773. The van der Waals surface area contributed by atoms with Crippen LogP contribution in [-0.4, -0.2) is 51.4 Å². The molecule has 0 radical (unpaired) electrons. The summed E-state index contributed by atoms with van der Waals surface area (Å²) >= 11 is 1.54. The van der Waals surface area contributed by atoms with E-state index >= 15 is 0 Å². The molecular weight excluding hydrogens is 290 g/mol. The van der Waals surface area contributed by atoms with Crippen LogP contribution in [0.2, 0.25) is 0 Å². The number of fused-ring (bicyclic) bond motifs is 1. The largest absolute Gasteiger partial charge is 0.372 e. The lowest BCUT2D eigenvalue weighted by Gasteiger charge is -2.35. The Morgan fingerprint density at radius 3 is 2.86 bits per heavy atom. The first kappa shape index (κ1) is 14.6. The van der Waals surface area contributed by atoms with Crippen molar-refractivity contribution in [2.45, 2.75) is 43.7 Å². The summed E-state index contributed by atoms with van der Waals surface area (Å²) in [6.07, 6.45) is 2.00. The van der Waals surface area contributed by atoms with Crippen molar-refractivity contribution in [3.8, 4) is 0 Å². The molecule has 1 fully saturated rings. The summed E-state index contributed by atoms with van der Waals surface area (Å²) < 4.78 is 7.30. The Kier molecular flexibility index (Phi) is 4.03. The number of aromatic nitrogens is 2. The van der Waals surface area contributed by atoms with Gasteiger partial charge in [-0.1, -0.05) is 11.8 Å². The second-order valence-electron chi connectivity index (χ2n) is 5.66. The van der Waals surface area contributed by atoms with E-state index in [1.54, 1.807) is 4.57 Å². The third-order valence-corrected chi connectivity index (χ3v) is 4.91. The molecule has 2 aliphatic heterocycles. The van der Waals surface area contributed by atoms with Gasteiger partial charge in [0.15, 0.2) is 5.16 Å². The van der Waals surface area contributed by atoms with Gasteiger partial charge < -0.3 is 9.64 Å². The highest BCUT2D eigenvalue weighted by Gasteiger charge is 2.31. The van der Waals surface area contributed by atoms with Crippen LogP contribution in [-0.2, 0) is 9.53 Å². The number of amides is 1. The summed E-state index contributed by atoms with van der Waals surface area (Å²) in [5.74, 6) is 0.819. The minimum Gasteiger partial charge on any atom is -0.372 e. The minimum atomic E-state index is -0.0906. The Bertz CT molecular complexity index is 593. The van der Waals surface area contributed by atoms with Crippen molar-refractivity contribution in [2.75, 3.05) is 18.8 Å². The van der Waals surface area contributed by atoms with Crippen molar-refractivity contribution in [1.82, 2.24) is 14.5 Å². The van der Waals surface area contributed by atoms with Crippen LogP contribution in [0.3, 0.4) is 0 Å². The van der Waals surface area contributed by atoms with Crippen molar-refractivity contribution in [2.24, 2.45) is 0 Å². The zero-order valence-corrected chi connectivity index (χ0v) is 13.0. The van der Waals surface area contributed by atoms with E-state index in [1.807, 2.05) is 18.7 Å². The van der Waals surface area contributed by atoms with Crippen LogP contribution in [0.4, 0.5) is 0 Å². The maximum Gasteiger partial charge on any atom is 0.254 e. The molecular formula is C14H19N3O3S. The topological polar surface area (TPSA) is 64.4 Å². The van der Waals surface area contributed by atoms with Crippen molar-refractivity contribution in [3.05, 3.63) is 22.6 Å². The first-order valence-corrected chi connectivity index (χ1v) is 8.16. The number of hydrogen-bond acceptors (Lipinski definition) is 5. The van der Waals surface area contributed by atoms with E-state index in [9.17, 15) is 9.59 Å². The Hall–Kier alpha value is -1.34. The lowest BCUT2D eigenvalue weighted by molar-refractivity contribution is -0.143. The fourth-order valence-electron chi connectivity index (χ4n) is 2.95. The molecule has 0 aromatic carbocycles. The Labute approximate surface area is 127 Å². The lowest BCUT2D eigenvalue weighted by Crippen LogP contribution is -2.48. The maximum absolute atomic E-state index is 12.5. The molecule has 0 N–H and O–H groups in total. The first-order valence-electron chi connectivity index (χ1n) is 7.18. The number of thioether (sulfide) groups is 1. The van der Waals surface area contributed by atoms with E-state index in [2.05, 4.69) is 4.98 Å². The van der Waals surface area contributed by atoms with Crippen molar-refractivity contribution in [1.29, 1.82) is 0 Å². The van der Waals surface area contributed by atoms with Gasteiger partial charge in [-0.3, -0.25) is 14.2 Å². The molecule has 3 atom stereocenters. The fraction of sp³-hybridized carbons (Fsp3) is 0.643. The van der Waals surface area contributed by atoms with Gasteiger partial charge in [-0.25, -0.2) is 4.98 Å². The maximum atomic E-state index is 12.5. The van der Waals surface area contributed by atoms with Crippen molar-refractivity contribution >= 4 is 17.7 Å². The monoisotopic (exact) mass is 309 g/mol. The van der Waals surface area contributed by atoms with Gasteiger partial charge in [0.1, 0.15) is 0 Å². The Morgan fingerprint density at radius 2 is 2.14 bits per heavy atom. The Balaban J connectivity index is 1.71. The van der Waals surface area contributed by atoms with Gasteiger partial charge in [0.05, 0.1) is 18.2 Å². The molecule has 7 heteroatoms. The highest BCUT2D eigenvalue weighted by Crippen LogP contribution is 2.32. The summed E-state index contributed by atoms with van der Waals surface area (Å²) in [4.78, 5) is 30.5. The second kappa shape index (κ2) is 5.81. The summed E-state index contributed by atoms with van der Waals surface area (Å²) in [6, 6.07) is 1.36. The average molecular weight is 309 g/mol. The third-order valence-electron chi connectivity index (χ3n) is 3.80. The van der Waals surface area contributed by atoms with Crippen LogP contribution >= 0.6 is 11.8 Å². The molecule has 21 heavy (non-hydrogen) atoms. The second-order valence-corrected chi connectivity index (χ2v) is 6.65. The molecule has 6 nitrogen and oxygen atoms in total. The van der Waals surface area contributed by atoms with E-state index < -0.39 is 0 Å². The van der Waals surface area contributed by atoms with Crippen molar-refractivity contribution < 1.29 is 9.53 Å².